The van der Waals surface area contributed by atoms with E-state index in [2.05, 4.69) is 38.3 Å². The summed E-state index contributed by atoms with van der Waals surface area (Å²) in [4.78, 5) is 104. The molecule has 18 nitrogen and oxygen atoms in total. The maximum Gasteiger partial charge on any atom is 0.307 e. The lowest BCUT2D eigenvalue weighted by atomic mass is 10.1. The monoisotopic (exact) mass is 969 g/mol. The minimum Gasteiger partial charge on any atom is -0.466 e. The normalized spacial score (nSPS) is 14.6. The Morgan fingerprint density at radius 2 is 0.574 bits per heavy atom. The van der Waals surface area contributed by atoms with Gasteiger partial charge < -0.3 is 48.9 Å². The van der Waals surface area contributed by atoms with Gasteiger partial charge in [0.15, 0.2) is 0 Å². The molecule has 2 N–H and O–H groups in total. The first kappa shape index (κ1) is 61.7. The lowest BCUT2D eigenvalue weighted by molar-refractivity contribution is -0.148. The van der Waals surface area contributed by atoms with Crippen LogP contribution in [0, 0.1) is 0 Å². The Hall–Kier alpha value is -4.32. The zero-order chi connectivity index (χ0) is 50.0. The summed E-state index contributed by atoms with van der Waals surface area (Å²) in [6.07, 6.45) is 16.2. The van der Waals surface area contributed by atoms with Crippen LogP contribution in [-0.4, -0.2) is 148 Å². The Morgan fingerprint density at radius 1 is 0.353 bits per heavy atom. The van der Waals surface area contributed by atoms with Crippen LogP contribution in [0.15, 0.2) is 0 Å². The number of amides is 2. The number of hydrogen-bond acceptors (Lipinski definition) is 16. The highest BCUT2D eigenvalue weighted by Crippen LogP contribution is 2.10. The van der Waals surface area contributed by atoms with Gasteiger partial charge in [-0.15, -0.1) is 0 Å². The van der Waals surface area contributed by atoms with Gasteiger partial charge in [-0.2, -0.15) is 0 Å². The van der Waals surface area contributed by atoms with Gasteiger partial charge >= 0.3 is 35.8 Å². The lowest BCUT2D eigenvalue weighted by Gasteiger charge is -2.29. The highest BCUT2D eigenvalue weighted by Gasteiger charge is 2.33. The summed E-state index contributed by atoms with van der Waals surface area (Å²) in [5, 5.41) is 5.30. The molecule has 2 unspecified atom stereocenters. The van der Waals surface area contributed by atoms with Gasteiger partial charge in [0.2, 0.25) is 11.8 Å². The van der Waals surface area contributed by atoms with Gasteiger partial charge in [-0.1, -0.05) is 105 Å². The summed E-state index contributed by atoms with van der Waals surface area (Å²) in [7, 11) is 0. The Bertz CT molecular complexity index is 1270. The zero-order valence-electron chi connectivity index (χ0n) is 42.2. The molecule has 0 aromatic heterocycles. The van der Waals surface area contributed by atoms with Crippen LogP contribution in [-0.2, 0) is 66.8 Å². The fraction of sp³-hybridized carbons (Fsp3) is 0.840. The van der Waals surface area contributed by atoms with Gasteiger partial charge in [-0.25, -0.2) is 0 Å². The quantitative estimate of drug-likeness (QED) is 0.0390. The van der Waals surface area contributed by atoms with Crippen LogP contribution >= 0.6 is 0 Å². The van der Waals surface area contributed by atoms with Crippen molar-refractivity contribution in [2.45, 2.75) is 194 Å². The van der Waals surface area contributed by atoms with Crippen molar-refractivity contribution in [2.24, 2.45) is 0 Å². The number of carbonyl (C=O) groups is 8. The SMILES string of the molecule is CCCCCCOC(=O)CCN(CCC(=O)OCCCCCC)CCC(=O)OCCC1NC(=O)C(CCOC(=O)CCN(CCC(=O)OCCCCCC)CCC(=O)OCCCCCC)NC1=O. The highest BCUT2D eigenvalue weighted by atomic mass is 16.6. The first-order chi connectivity index (χ1) is 32.9. The number of nitrogens with one attached hydrogen (secondary N) is 2. The first-order valence-corrected chi connectivity index (χ1v) is 25.9. The fourth-order valence-electron chi connectivity index (χ4n) is 7.12. The third-order valence-corrected chi connectivity index (χ3v) is 11.4. The van der Waals surface area contributed by atoms with E-state index in [0.717, 1.165) is 103 Å². The van der Waals surface area contributed by atoms with Gasteiger partial charge in [0.1, 0.15) is 12.1 Å². The molecule has 2 atom stereocenters. The number of ether oxygens (including phenoxy) is 6. The van der Waals surface area contributed by atoms with Crippen molar-refractivity contribution in [3.05, 3.63) is 0 Å². The molecule has 0 radical (unpaired) electrons. The third kappa shape index (κ3) is 34.0. The van der Waals surface area contributed by atoms with E-state index in [1.165, 1.54) is 0 Å². The number of nitrogens with zero attached hydrogens (tertiary/aromatic N) is 2. The molecule has 1 fully saturated rings. The summed E-state index contributed by atoms with van der Waals surface area (Å²) in [6.45, 7) is 11.2. The molecule has 0 aliphatic carbocycles. The van der Waals surface area contributed by atoms with Crippen molar-refractivity contribution >= 4 is 47.6 Å². The van der Waals surface area contributed by atoms with E-state index in [1.807, 2.05) is 9.80 Å². The molecule has 68 heavy (non-hydrogen) atoms. The van der Waals surface area contributed by atoms with Gasteiger partial charge in [-0.05, 0) is 25.7 Å². The van der Waals surface area contributed by atoms with Crippen molar-refractivity contribution in [2.75, 3.05) is 78.9 Å². The Labute approximate surface area is 406 Å². The van der Waals surface area contributed by atoms with Crippen molar-refractivity contribution in [1.29, 1.82) is 0 Å². The van der Waals surface area contributed by atoms with Crippen LogP contribution in [0.4, 0.5) is 0 Å². The number of unbranched alkanes of at least 4 members (excludes halogenated alkanes) is 12. The average molecular weight is 969 g/mol. The largest absolute Gasteiger partial charge is 0.466 e. The molecule has 1 aliphatic heterocycles. The van der Waals surface area contributed by atoms with Gasteiger partial charge in [-0.3, -0.25) is 38.4 Å². The van der Waals surface area contributed by atoms with Crippen LogP contribution in [0.3, 0.4) is 0 Å². The summed E-state index contributed by atoms with van der Waals surface area (Å²) in [6, 6.07) is -1.87. The minimum absolute atomic E-state index is 0.0258. The number of rotatable bonds is 44. The molecular formula is C50H88N4O14. The highest BCUT2D eigenvalue weighted by molar-refractivity contribution is 5.96. The van der Waals surface area contributed by atoms with Gasteiger partial charge in [0, 0.05) is 52.1 Å². The van der Waals surface area contributed by atoms with E-state index in [0.29, 0.717) is 26.4 Å². The summed E-state index contributed by atoms with van der Waals surface area (Å²) < 4.78 is 32.2. The molecule has 1 heterocycles. The zero-order valence-corrected chi connectivity index (χ0v) is 42.2. The Morgan fingerprint density at radius 3 is 0.794 bits per heavy atom. The summed E-state index contributed by atoms with van der Waals surface area (Å²) >= 11 is 0. The summed E-state index contributed by atoms with van der Waals surface area (Å²) in [5.74, 6) is -3.38. The second-order valence-electron chi connectivity index (χ2n) is 17.4. The van der Waals surface area contributed by atoms with E-state index in [1.54, 1.807) is 0 Å². The van der Waals surface area contributed by atoms with E-state index in [9.17, 15) is 38.4 Å². The molecule has 0 aromatic carbocycles. The molecule has 1 aliphatic rings. The molecule has 2 amide bonds. The van der Waals surface area contributed by atoms with Crippen LogP contribution in [0.2, 0.25) is 0 Å². The van der Waals surface area contributed by atoms with E-state index in [4.69, 9.17) is 28.4 Å². The predicted octanol–water partition coefficient (Wildman–Crippen LogP) is 6.27. The van der Waals surface area contributed by atoms with Gasteiger partial charge in [0.25, 0.3) is 0 Å². The van der Waals surface area contributed by atoms with Crippen LogP contribution in [0.1, 0.15) is 182 Å². The topological polar surface area (TPSA) is 222 Å². The molecule has 392 valence electrons. The molecule has 0 aromatic rings. The van der Waals surface area contributed by atoms with Crippen LogP contribution < -0.4 is 10.6 Å². The van der Waals surface area contributed by atoms with Gasteiger partial charge in [0.05, 0.1) is 78.2 Å². The second-order valence-corrected chi connectivity index (χ2v) is 17.4. The van der Waals surface area contributed by atoms with Crippen LogP contribution in [0.5, 0.6) is 0 Å². The van der Waals surface area contributed by atoms with Crippen molar-refractivity contribution < 1.29 is 66.8 Å². The van der Waals surface area contributed by atoms with Crippen molar-refractivity contribution in [1.82, 2.24) is 20.4 Å². The number of esters is 6. The molecule has 1 saturated heterocycles. The predicted molar refractivity (Wildman–Crippen MR) is 256 cm³/mol. The first-order valence-electron chi connectivity index (χ1n) is 25.9. The molecular weight excluding hydrogens is 881 g/mol. The minimum atomic E-state index is -0.936. The third-order valence-electron chi connectivity index (χ3n) is 11.4. The average Bonchev–Trinajstić information content (AvgIpc) is 3.32. The number of carbonyl (C=O) groups excluding carboxylic acids is 8. The molecule has 18 heteroatoms. The molecule has 0 bridgehead atoms. The number of piperazine rings is 1. The molecule has 0 spiro atoms. The standard InChI is InChI=1S/C50H88N4O14/c1-5-9-13-17-35-63-43(55)21-29-53(30-22-44(56)64-36-18-14-10-6-2)33-25-47(59)67-39-27-41-49(61)52-42(50(62)51-41)28-40-68-48(60)26-34-54(31-23-45(57)65-37-19-15-11-7-3)32-24-46(58)66-38-20-16-12-8-4/h41-42H,5-40H2,1-4H3,(H,51,62)(H,52,61). The van der Waals surface area contributed by atoms with Crippen molar-refractivity contribution in [3.63, 3.8) is 0 Å². The van der Waals surface area contributed by atoms with Crippen LogP contribution in [0.25, 0.3) is 0 Å². The lowest BCUT2D eigenvalue weighted by Crippen LogP contribution is -2.62. The maximum absolute atomic E-state index is 12.9. The fourth-order valence-corrected chi connectivity index (χ4v) is 7.12. The Kier molecular flexibility index (Phi) is 37.8. The summed E-state index contributed by atoms with van der Waals surface area (Å²) in [5.41, 5.74) is 0. The smallest absolute Gasteiger partial charge is 0.307 e. The van der Waals surface area contributed by atoms with E-state index in [-0.39, 0.29) is 128 Å². The maximum atomic E-state index is 12.9. The molecule has 1 rings (SSSR count). The Balaban J connectivity index is 2.53. The molecule has 0 saturated carbocycles. The van der Waals surface area contributed by atoms with E-state index < -0.39 is 35.8 Å². The van der Waals surface area contributed by atoms with Crippen molar-refractivity contribution in [3.8, 4) is 0 Å². The number of hydrogen-bond donors (Lipinski definition) is 2. The second kappa shape index (κ2) is 41.6. The van der Waals surface area contributed by atoms with E-state index >= 15 is 0 Å².